The molecule has 0 radical (unpaired) electrons. The van der Waals surface area contributed by atoms with E-state index in [-0.39, 0.29) is 5.41 Å². The van der Waals surface area contributed by atoms with Crippen molar-refractivity contribution in [3.8, 4) is 0 Å². The topological polar surface area (TPSA) is 3.24 Å². The predicted molar refractivity (Wildman–Crippen MR) is 98.9 cm³/mol. The van der Waals surface area contributed by atoms with Crippen LogP contribution in [-0.2, 0) is 6.54 Å². The van der Waals surface area contributed by atoms with Gasteiger partial charge in [0, 0.05) is 18.5 Å². The Bertz CT molecular complexity index is 498. The fourth-order valence-corrected chi connectivity index (χ4v) is 2.98. The van der Waals surface area contributed by atoms with E-state index in [4.69, 9.17) is 0 Å². The van der Waals surface area contributed by atoms with Gasteiger partial charge in [-0.2, -0.15) is 0 Å². The van der Waals surface area contributed by atoms with Crippen LogP contribution in [0.2, 0.25) is 0 Å². The molecule has 0 N–H and O–H groups in total. The second-order valence-corrected chi connectivity index (χ2v) is 5.86. The first-order valence-corrected chi connectivity index (χ1v) is 8.40. The van der Waals surface area contributed by atoms with Crippen LogP contribution in [0.5, 0.6) is 0 Å². The Hall–Kier alpha value is -1.60. The van der Waals surface area contributed by atoms with Crippen LogP contribution in [0.3, 0.4) is 0 Å². The second kappa shape index (κ2) is 9.42. The molecule has 1 aliphatic rings. The zero-order valence-corrected chi connectivity index (χ0v) is 14.7. The zero-order chi connectivity index (χ0) is 16.4. The van der Waals surface area contributed by atoms with Crippen molar-refractivity contribution in [2.45, 2.75) is 40.7 Å². The van der Waals surface area contributed by atoms with Crippen molar-refractivity contribution in [1.29, 1.82) is 0 Å². The summed E-state index contributed by atoms with van der Waals surface area (Å²) in [5.41, 5.74) is 2.98. The molecule has 0 bridgehead atoms. The molecule has 1 heterocycles. The first kappa shape index (κ1) is 18.4. The molecular weight excluding hydrogens is 266 g/mol. The van der Waals surface area contributed by atoms with Crippen molar-refractivity contribution in [3.05, 3.63) is 72.4 Å². The first-order valence-electron chi connectivity index (χ1n) is 8.40. The molecule has 0 amide bonds. The van der Waals surface area contributed by atoms with Crippen LogP contribution >= 0.6 is 0 Å². The van der Waals surface area contributed by atoms with Crippen LogP contribution in [0.4, 0.5) is 0 Å². The van der Waals surface area contributed by atoms with E-state index < -0.39 is 0 Å². The van der Waals surface area contributed by atoms with Gasteiger partial charge in [-0.3, -0.25) is 4.90 Å². The fraction of sp³-hybridized carbons (Fsp3) is 0.429. The summed E-state index contributed by atoms with van der Waals surface area (Å²) in [6.07, 6.45) is 9.62. The van der Waals surface area contributed by atoms with E-state index in [1.54, 1.807) is 0 Å². The van der Waals surface area contributed by atoms with Gasteiger partial charge in [0.25, 0.3) is 0 Å². The molecule has 1 saturated heterocycles. The number of allylic oxidation sites excluding steroid dienone is 4. The van der Waals surface area contributed by atoms with Crippen LogP contribution in [0, 0.1) is 5.41 Å². The van der Waals surface area contributed by atoms with Gasteiger partial charge in [-0.15, -0.1) is 0 Å². The van der Waals surface area contributed by atoms with Gasteiger partial charge in [-0.05, 0) is 31.0 Å². The van der Waals surface area contributed by atoms with Gasteiger partial charge in [0.1, 0.15) is 0 Å². The molecule has 1 aromatic rings. The molecule has 1 heteroatoms. The maximum absolute atomic E-state index is 3.99. The summed E-state index contributed by atoms with van der Waals surface area (Å²) >= 11 is 0. The Morgan fingerprint density at radius 1 is 1.27 bits per heavy atom. The van der Waals surface area contributed by atoms with Crippen LogP contribution in [-0.4, -0.2) is 18.0 Å². The van der Waals surface area contributed by atoms with Crippen molar-refractivity contribution < 1.29 is 0 Å². The van der Waals surface area contributed by atoms with Gasteiger partial charge in [-0.25, -0.2) is 0 Å². The third kappa shape index (κ3) is 4.99. The number of rotatable bonds is 5. The molecule has 1 nitrogen and oxygen atoms in total. The van der Waals surface area contributed by atoms with E-state index in [0.29, 0.717) is 0 Å². The molecule has 1 unspecified atom stereocenters. The minimum absolute atomic E-state index is 0.232. The molecule has 22 heavy (non-hydrogen) atoms. The minimum Gasteiger partial charge on any atom is -0.298 e. The second-order valence-electron chi connectivity index (χ2n) is 5.86. The summed E-state index contributed by atoms with van der Waals surface area (Å²) in [5.74, 6) is 0. The maximum atomic E-state index is 3.99. The highest BCUT2D eigenvalue weighted by molar-refractivity contribution is 5.30. The molecular formula is C21H31N. The van der Waals surface area contributed by atoms with E-state index in [9.17, 15) is 0 Å². The highest BCUT2D eigenvalue weighted by Crippen LogP contribution is 2.38. The van der Waals surface area contributed by atoms with Crippen molar-refractivity contribution >= 4 is 0 Å². The third-order valence-corrected chi connectivity index (χ3v) is 4.19. The molecule has 1 aliphatic heterocycles. The lowest BCUT2D eigenvalue weighted by Gasteiger charge is -2.26. The maximum Gasteiger partial charge on any atom is 0.0234 e. The van der Waals surface area contributed by atoms with Gasteiger partial charge in [0.05, 0.1) is 0 Å². The van der Waals surface area contributed by atoms with Gasteiger partial charge in [0.2, 0.25) is 0 Å². The molecule has 1 aromatic carbocycles. The summed E-state index contributed by atoms with van der Waals surface area (Å²) in [5, 5.41) is 0. The molecule has 1 atom stereocenters. The Morgan fingerprint density at radius 3 is 2.55 bits per heavy atom. The normalized spacial score (nSPS) is 22.5. The van der Waals surface area contributed by atoms with Gasteiger partial charge in [-0.1, -0.05) is 82.0 Å². The Balaban J connectivity index is 0.00000116. The van der Waals surface area contributed by atoms with Gasteiger partial charge < -0.3 is 0 Å². The van der Waals surface area contributed by atoms with E-state index in [1.807, 2.05) is 19.9 Å². The minimum atomic E-state index is 0.232. The molecule has 1 fully saturated rings. The first-order chi connectivity index (χ1) is 10.7. The lowest BCUT2D eigenvalue weighted by atomic mass is 9.81. The van der Waals surface area contributed by atoms with Crippen molar-refractivity contribution in [1.82, 2.24) is 4.90 Å². The molecule has 2 rings (SSSR count). The van der Waals surface area contributed by atoms with E-state index in [0.717, 1.165) is 19.6 Å². The van der Waals surface area contributed by atoms with E-state index in [1.165, 1.54) is 17.6 Å². The number of benzene rings is 1. The number of hydrogen-bond acceptors (Lipinski definition) is 1. The standard InChI is InChI=1S/C19H25N.C2H6/c1-4-6-12-18(5-2)19(3)13-14-20(16-19)15-17-10-8-7-9-11-17;1-2/h4-12H,2,13-16H2,1,3H3;1-2H3/b6-4-,18-12+;. The third-order valence-electron chi connectivity index (χ3n) is 4.19. The number of likely N-dealkylation sites (tertiary alicyclic amines) is 1. The predicted octanol–water partition coefficient (Wildman–Crippen LogP) is 5.61. The SMILES string of the molecule is C=C/C(=C\C=C/C)C1(C)CCN(Cc2ccccc2)C1.CC. The summed E-state index contributed by atoms with van der Waals surface area (Å²) < 4.78 is 0. The van der Waals surface area contributed by atoms with Crippen LogP contribution < -0.4 is 0 Å². The lowest BCUT2D eigenvalue weighted by molar-refractivity contribution is 0.296. The average molecular weight is 297 g/mol. The van der Waals surface area contributed by atoms with Crippen molar-refractivity contribution in [2.24, 2.45) is 5.41 Å². The highest BCUT2D eigenvalue weighted by Gasteiger charge is 2.35. The number of hydrogen-bond donors (Lipinski definition) is 0. The molecule has 0 aromatic heterocycles. The summed E-state index contributed by atoms with van der Waals surface area (Å²) in [4.78, 5) is 2.54. The number of nitrogens with zero attached hydrogens (tertiary/aromatic N) is 1. The Labute approximate surface area is 137 Å². The Morgan fingerprint density at radius 2 is 1.95 bits per heavy atom. The largest absolute Gasteiger partial charge is 0.298 e. The summed E-state index contributed by atoms with van der Waals surface area (Å²) in [7, 11) is 0. The lowest BCUT2D eigenvalue weighted by Crippen LogP contribution is -2.25. The van der Waals surface area contributed by atoms with Gasteiger partial charge in [0.15, 0.2) is 0 Å². The molecule has 0 spiro atoms. The monoisotopic (exact) mass is 297 g/mol. The average Bonchev–Trinajstić information content (AvgIpc) is 2.93. The fourth-order valence-electron chi connectivity index (χ4n) is 2.98. The van der Waals surface area contributed by atoms with E-state index >= 15 is 0 Å². The Kier molecular flexibility index (Phi) is 7.90. The van der Waals surface area contributed by atoms with E-state index in [2.05, 4.69) is 73.9 Å². The highest BCUT2D eigenvalue weighted by atomic mass is 15.2. The van der Waals surface area contributed by atoms with Crippen molar-refractivity contribution in [3.63, 3.8) is 0 Å². The quantitative estimate of drug-likeness (QED) is 0.638. The van der Waals surface area contributed by atoms with Crippen LogP contribution in [0.1, 0.15) is 39.7 Å². The van der Waals surface area contributed by atoms with Gasteiger partial charge >= 0.3 is 0 Å². The molecule has 0 aliphatic carbocycles. The molecule has 0 saturated carbocycles. The zero-order valence-electron chi connectivity index (χ0n) is 14.7. The summed E-state index contributed by atoms with van der Waals surface area (Å²) in [6.45, 7) is 15.7. The van der Waals surface area contributed by atoms with Crippen molar-refractivity contribution in [2.75, 3.05) is 13.1 Å². The smallest absolute Gasteiger partial charge is 0.0234 e. The van der Waals surface area contributed by atoms with Crippen LogP contribution in [0.15, 0.2) is 66.8 Å². The van der Waals surface area contributed by atoms with Crippen LogP contribution in [0.25, 0.3) is 0 Å². The summed E-state index contributed by atoms with van der Waals surface area (Å²) in [6, 6.07) is 10.7. The molecule has 120 valence electrons.